The van der Waals surface area contributed by atoms with Crippen molar-refractivity contribution in [2.24, 2.45) is 17.6 Å². The number of carbonyl (C=O) groups excluding carboxylic acids is 2. The minimum absolute atomic E-state index is 0.0695. The molecule has 136 valence electrons. The second-order valence-electron chi connectivity index (χ2n) is 6.74. The molecule has 1 aromatic carbocycles. The van der Waals surface area contributed by atoms with E-state index in [2.05, 4.69) is 0 Å². The van der Waals surface area contributed by atoms with Gasteiger partial charge in [-0.1, -0.05) is 12.1 Å². The summed E-state index contributed by atoms with van der Waals surface area (Å²) in [4.78, 5) is 25.5. The quantitative estimate of drug-likeness (QED) is 0.895. The summed E-state index contributed by atoms with van der Waals surface area (Å²) < 4.78 is 32.6. The molecule has 0 aromatic heterocycles. The van der Waals surface area contributed by atoms with Crippen LogP contribution in [0.25, 0.3) is 0 Å². The molecule has 2 N–H and O–H groups in total. The number of carbonyl (C=O) groups is 2. The van der Waals surface area contributed by atoms with Gasteiger partial charge in [0.2, 0.25) is 11.8 Å². The first-order valence-corrected chi connectivity index (χ1v) is 8.59. The second kappa shape index (κ2) is 7.47. The molecule has 2 amide bonds. The van der Waals surface area contributed by atoms with Crippen LogP contribution in [0.2, 0.25) is 0 Å². The third-order valence-electron chi connectivity index (χ3n) is 5.23. The molecule has 0 bridgehead atoms. The number of hydrogen-bond donors (Lipinski definition) is 1. The molecule has 2 atom stereocenters. The van der Waals surface area contributed by atoms with E-state index >= 15 is 0 Å². The molecular weight excluding hydrogens is 330 g/mol. The van der Waals surface area contributed by atoms with Crippen molar-refractivity contribution in [3.63, 3.8) is 0 Å². The van der Waals surface area contributed by atoms with E-state index in [1.807, 2.05) is 0 Å². The lowest BCUT2D eigenvalue weighted by atomic mass is 9.84. The van der Waals surface area contributed by atoms with Crippen molar-refractivity contribution in [1.82, 2.24) is 4.90 Å². The second-order valence-corrected chi connectivity index (χ2v) is 6.74. The van der Waals surface area contributed by atoms with E-state index in [0.29, 0.717) is 39.0 Å². The maximum Gasteiger partial charge on any atom is 0.227 e. The Bertz CT molecular complexity index is 660. The molecule has 0 aliphatic carbocycles. The number of primary amides is 1. The van der Waals surface area contributed by atoms with Gasteiger partial charge in [0.25, 0.3) is 0 Å². The molecule has 0 saturated carbocycles. The maximum atomic E-state index is 13.7. The number of benzene rings is 1. The van der Waals surface area contributed by atoms with Gasteiger partial charge in [0, 0.05) is 25.3 Å². The highest BCUT2D eigenvalue weighted by molar-refractivity contribution is 5.79. The van der Waals surface area contributed by atoms with Crippen LogP contribution < -0.4 is 5.73 Å². The van der Waals surface area contributed by atoms with Crippen LogP contribution in [0.1, 0.15) is 24.8 Å². The van der Waals surface area contributed by atoms with Gasteiger partial charge in [-0.05, 0) is 31.2 Å². The number of rotatable bonds is 4. The van der Waals surface area contributed by atoms with E-state index in [4.69, 9.17) is 10.5 Å². The Morgan fingerprint density at radius 3 is 2.60 bits per heavy atom. The van der Waals surface area contributed by atoms with E-state index < -0.39 is 11.6 Å². The molecule has 3 rings (SSSR count). The molecule has 2 fully saturated rings. The van der Waals surface area contributed by atoms with Crippen molar-refractivity contribution in [3.8, 4) is 0 Å². The summed E-state index contributed by atoms with van der Waals surface area (Å²) in [5.74, 6) is -2.53. The van der Waals surface area contributed by atoms with Gasteiger partial charge in [-0.25, -0.2) is 8.78 Å². The number of likely N-dealkylation sites (tertiary alicyclic amines) is 1. The average Bonchev–Trinajstić information content (AvgIpc) is 3.09. The van der Waals surface area contributed by atoms with Gasteiger partial charge in [0.1, 0.15) is 0 Å². The van der Waals surface area contributed by atoms with E-state index in [0.717, 1.165) is 6.07 Å². The maximum absolute atomic E-state index is 13.7. The van der Waals surface area contributed by atoms with Gasteiger partial charge < -0.3 is 15.4 Å². The third kappa shape index (κ3) is 3.81. The molecule has 7 heteroatoms. The van der Waals surface area contributed by atoms with Crippen molar-refractivity contribution < 1.29 is 23.1 Å². The van der Waals surface area contributed by atoms with Crippen molar-refractivity contribution in [2.45, 2.75) is 31.8 Å². The zero-order valence-corrected chi connectivity index (χ0v) is 13.9. The third-order valence-corrected chi connectivity index (χ3v) is 5.23. The standard InChI is InChI=1S/C18H22F2N2O3/c19-14-3-1-2-12(16(14)20)10-15(23)22-7-4-11(5-8-22)17-13(18(21)24)6-9-25-17/h1-3,11,13,17H,4-10H2,(H2,21,24)/t13-,17+/m0/s1. The van der Waals surface area contributed by atoms with Crippen LogP contribution >= 0.6 is 0 Å². The minimum atomic E-state index is -0.964. The highest BCUT2D eigenvalue weighted by Gasteiger charge is 2.39. The lowest BCUT2D eigenvalue weighted by Crippen LogP contribution is -2.44. The number of amides is 2. The van der Waals surface area contributed by atoms with E-state index in [-0.39, 0.29) is 41.7 Å². The molecule has 2 aliphatic heterocycles. The van der Waals surface area contributed by atoms with Gasteiger partial charge in [-0.3, -0.25) is 9.59 Å². The van der Waals surface area contributed by atoms with Crippen LogP contribution in [-0.4, -0.2) is 42.5 Å². The fourth-order valence-electron chi connectivity index (χ4n) is 3.82. The Labute approximate surface area is 145 Å². The Hall–Kier alpha value is -2.02. The van der Waals surface area contributed by atoms with Crippen molar-refractivity contribution in [1.29, 1.82) is 0 Å². The van der Waals surface area contributed by atoms with Gasteiger partial charge in [-0.2, -0.15) is 0 Å². The number of ether oxygens (including phenoxy) is 1. The lowest BCUT2D eigenvalue weighted by Gasteiger charge is -2.35. The normalized spacial score (nSPS) is 24.5. The Morgan fingerprint density at radius 2 is 1.92 bits per heavy atom. The fourth-order valence-corrected chi connectivity index (χ4v) is 3.82. The SMILES string of the molecule is NC(=O)[C@H]1CCO[C@@H]1C1CCN(C(=O)Cc2cccc(F)c2F)CC1. The molecule has 5 nitrogen and oxygen atoms in total. The highest BCUT2D eigenvalue weighted by Crippen LogP contribution is 2.33. The molecule has 25 heavy (non-hydrogen) atoms. The lowest BCUT2D eigenvalue weighted by molar-refractivity contribution is -0.133. The van der Waals surface area contributed by atoms with Crippen molar-refractivity contribution in [2.75, 3.05) is 19.7 Å². The van der Waals surface area contributed by atoms with Crippen LogP contribution in [0.5, 0.6) is 0 Å². The number of hydrogen-bond acceptors (Lipinski definition) is 3. The molecule has 0 unspecified atom stereocenters. The molecule has 2 saturated heterocycles. The summed E-state index contributed by atoms with van der Waals surface area (Å²) >= 11 is 0. The predicted molar refractivity (Wildman–Crippen MR) is 86.4 cm³/mol. The summed E-state index contributed by atoms with van der Waals surface area (Å²) in [5.41, 5.74) is 5.50. The first-order chi connectivity index (χ1) is 12.0. The average molecular weight is 352 g/mol. The molecule has 2 aliphatic rings. The topological polar surface area (TPSA) is 72.6 Å². The zero-order valence-electron chi connectivity index (χ0n) is 13.9. The van der Waals surface area contributed by atoms with Crippen LogP contribution in [-0.2, 0) is 20.7 Å². The molecule has 0 radical (unpaired) electrons. The molecule has 2 heterocycles. The molecular formula is C18H22F2N2O3. The Balaban J connectivity index is 1.56. The number of nitrogens with zero attached hydrogens (tertiary/aromatic N) is 1. The van der Waals surface area contributed by atoms with Gasteiger partial charge >= 0.3 is 0 Å². The van der Waals surface area contributed by atoms with Crippen LogP contribution in [0.3, 0.4) is 0 Å². The van der Waals surface area contributed by atoms with Gasteiger partial charge in [0.15, 0.2) is 11.6 Å². The largest absolute Gasteiger partial charge is 0.377 e. The number of piperidine rings is 1. The van der Waals surface area contributed by atoms with E-state index in [1.165, 1.54) is 12.1 Å². The Kier molecular flexibility index (Phi) is 5.32. The van der Waals surface area contributed by atoms with Crippen LogP contribution in [0.15, 0.2) is 18.2 Å². The van der Waals surface area contributed by atoms with Crippen molar-refractivity contribution >= 4 is 11.8 Å². The van der Waals surface area contributed by atoms with Gasteiger partial charge in [-0.15, -0.1) is 0 Å². The highest BCUT2D eigenvalue weighted by atomic mass is 19.2. The van der Waals surface area contributed by atoms with Gasteiger partial charge in [0.05, 0.1) is 18.4 Å². The Morgan fingerprint density at radius 1 is 1.20 bits per heavy atom. The number of halogens is 2. The predicted octanol–water partition coefficient (Wildman–Crippen LogP) is 1.64. The summed E-state index contributed by atoms with van der Waals surface area (Å²) in [6.45, 7) is 1.58. The monoisotopic (exact) mass is 352 g/mol. The summed E-state index contributed by atoms with van der Waals surface area (Å²) in [6.07, 6.45) is 1.75. The summed E-state index contributed by atoms with van der Waals surface area (Å²) in [5, 5.41) is 0. The minimum Gasteiger partial charge on any atom is -0.377 e. The van der Waals surface area contributed by atoms with Crippen LogP contribution in [0.4, 0.5) is 8.78 Å². The molecule has 1 aromatic rings. The van der Waals surface area contributed by atoms with Crippen molar-refractivity contribution in [3.05, 3.63) is 35.4 Å². The fraction of sp³-hybridized carbons (Fsp3) is 0.556. The summed E-state index contributed by atoms with van der Waals surface area (Å²) in [6, 6.07) is 3.85. The zero-order chi connectivity index (χ0) is 18.0. The molecule has 0 spiro atoms. The summed E-state index contributed by atoms with van der Waals surface area (Å²) in [7, 11) is 0. The van der Waals surface area contributed by atoms with Crippen LogP contribution in [0, 0.1) is 23.5 Å². The first kappa shape index (κ1) is 17.8. The first-order valence-electron chi connectivity index (χ1n) is 8.59. The van der Waals surface area contributed by atoms with E-state index in [1.54, 1.807) is 4.90 Å². The van der Waals surface area contributed by atoms with E-state index in [9.17, 15) is 18.4 Å². The number of nitrogens with two attached hydrogens (primary N) is 1. The smallest absolute Gasteiger partial charge is 0.227 e.